The van der Waals surface area contributed by atoms with Crippen molar-refractivity contribution in [1.29, 1.82) is 0 Å². The molecule has 0 amide bonds. The summed E-state index contributed by atoms with van der Waals surface area (Å²) >= 11 is 0. The number of alkyl halides is 3. The Balaban J connectivity index is 2.20. The van der Waals surface area contributed by atoms with Crippen molar-refractivity contribution in [3.05, 3.63) is 35.4 Å². The van der Waals surface area contributed by atoms with E-state index in [0.29, 0.717) is 25.1 Å². The van der Waals surface area contributed by atoms with E-state index in [-0.39, 0.29) is 11.7 Å². The third kappa shape index (κ3) is 2.66. The van der Waals surface area contributed by atoms with Gasteiger partial charge in [0.1, 0.15) is 5.78 Å². The van der Waals surface area contributed by atoms with Gasteiger partial charge in [0.25, 0.3) is 0 Å². The van der Waals surface area contributed by atoms with Crippen molar-refractivity contribution in [3.63, 3.8) is 0 Å². The maximum atomic E-state index is 12.4. The number of piperidine rings is 1. The molecule has 0 saturated carbocycles. The Kier molecular flexibility index (Phi) is 3.19. The van der Waals surface area contributed by atoms with Gasteiger partial charge in [-0.05, 0) is 17.7 Å². The molecule has 0 radical (unpaired) electrons. The smallest absolute Gasteiger partial charge is 0.315 e. The fourth-order valence-electron chi connectivity index (χ4n) is 1.95. The molecule has 1 unspecified atom stereocenters. The van der Waals surface area contributed by atoms with Gasteiger partial charge in [0.05, 0.1) is 11.5 Å². The molecule has 1 fully saturated rings. The maximum Gasteiger partial charge on any atom is 0.416 e. The summed E-state index contributed by atoms with van der Waals surface area (Å²) in [5, 5.41) is 3.07. The lowest BCUT2D eigenvalue weighted by molar-refractivity contribution is -0.137. The van der Waals surface area contributed by atoms with Crippen LogP contribution in [0.15, 0.2) is 24.3 Å². The molecule has 0 spiro atoms. The van der Waals surface area contributed by atoms with E-state index in [9.17, 15) is 18.0 Å². The van der Waals surface area contributed by atoms with E-state index < -0.39 is 11.7 Å². The number of nitrogens with one attached hydrogen (secondary N) is 1. The molecule has 1 heterocycles. The molecule has 1 atom stereocenters. The molecule has 5 heteroatoms. The molecule has 0 bridgehead atoms. The fourth-order valence-corrected chi connectivity index (χ4v) is 1.95. The molecule has 92 valence electrons. The molecule has 1 aromatic carbocycles. The number of carbonyl (C=O) groups is 1. The largest absolute Gasteiger partial charge is 0.416 e. The second-order valence-electron chi connectivity index (χ2n) is 4.09. The van der Waals surface area contributed by atoms with Gasteiger partial charge in [0.2, 0.25) is 0 Å². The molecule has 17 heavy (non-hydrogen) atoms. The fraction of sp³-hybridized carbons (Fsp3) is 0.417. The van der Waals surface area contributed by atoms with E-state index in [0.717, 1.165) is 12.1 Å². The topological polar surface area (TPSA) is 29.1 Å². The van der Waals surface area contributed by atoms with Crippen molar-refractivity contribution in [2.45, 2.75) is 18.5 Å². The van der Waals surface area contributed by atoms with Crippen LogP contribution in [0.3, 0.4) is 0 Å². The summed E-state index contributed by atoms with van der Waals surface area (Å²) in [5.74, 6) is -0.227. The molecule has 0 aliphatic carbocycles. The second kappa shape index (κ2) is 4.49. The Bertz CT molecular complexity index is 411. The number of halogens is 3. The number of hydrogen-bond acceptors (Lipinski definition) is 2. The zero-order valence-corrected chi connectivity index (χ0v) is 9.05. The third-order valence-electron chi connectivity index (χ3n) is 2.93. The third-order valence-corrected chi connectivity index (χ3v) is 2.93. The van der Waals surface area contributed by atoms with E-state index in [1.54, 1.807) is 0 Å². The molecule has 1 aromatic rings. The predicted octanol–water partition coefficient (Wildman–Crippen LogP) is 2.35. The standard InChI is InChI=1S/C12H12F3NO/c13-12(14,15)9-3-1-8(2-4-9)10-7-16-6-5-11(10)17/h1-4,10,16H,5-7H2. The van der Waals surface area contributed by atoms with Crippen LogP contribution in [0.25, 0.3) is 0 Å². The van der Waals surface area contributed by atoms with Crippen LogP contribution >= 0.6 is 0 Å². The Labute approximate surface area is 96.8 Å². The van der Waals surface area contributed by atoms with Gasteiger partial charge >= 0.3 is 6.18 Å². The van der Waals surface area contributed by atoms with Crippen molar-refractivity contribution in [2.75, 3.05) is 13.1 Å². The van der Waals surface area contributed by atoms with Crippen LogP contribution in [-0.2, 0) is 11.0 Å². The van der Waals surface area contributed by atoms with E-state index in [1.165, 1.54) is 12.1 Å². The van der Waals surface area contributed by atoms with Crippen LogP contribution in [-0.4, -0.2) is 18.9 Å². The highest BCUT2D eigenvalue weighted by Gasteiger charge is 2.31. The summed E-state index contributed by atoms with van der Waals surface area (Å²) in [6.45, 7) is 1.15. The molecule has 2 rings (SSSR count). The van der Waals surface area contributed by atoms with Gasteiger partial charge in [-0.1, -0.05) is 12.1 Å². The molecule has 1 saturated heterocycles. The minimum absolute atomic E-state index is 0.0866. The van der Waals surface area contributed by atoms with Crippen LogP contribution in [0.1, 0.15) is 23.5 Å². The van der Waals surface area contributed by atoms with E-state index >= 15 is 0 Å². The molecule has 2 nitrogen and oxygen atoms in total. The van der Waals surface area contributed by atoms with Crippen molar-refractivity contribution in [2.24, 2.45) is 0 Å². The molecule has 1 aliphatic heterocycles. The highest BCUT2D eigenvalue weighted by Crippen LogP contribution is 2.30. The van der Waals surface area contributed by atoms with Gasteiger partial charge in [0, 0.05) is 19.5 Å². The molecule has 1 N–H and O–H groups in total. The quantitative estimate of drug-likeness (QED) is 0.820. The van der Waals surface area contributed by atoms with Gasteiger partial charge in [-0.15, -0.1) is 0 Å². The second-order valence-corrected chi connectivity index (χ2v) is 4.09. The van der Waals surface area contributed by atoms with E-state index in [2.05, 4.69) is 5.32 Å². The summed E-state index contributed by atoms with van der Waals surface area (Å²) in [7, 11) is 0. The Morgan fingerprint density at radius 3 is 2.35 bits per heavy atom. The number of carbonyl (C=O) groups excluding carboxylic acids is 1. The van der Waals surface area contributed by atoms with Crippen LogP contribution in [0.5, 0.6) is 0 Å². The monoisotopic (exact) mass is 243 g/mol. The number of benzene rings is 1. The van der Waals surface area contributed by atoms with Crippen molar-refractivity contribution in [1.82, 2.24) is 5.32 Å². The van der Waals surface area contributed by atoms with Crippen LogP contribution in [0.4, 0.5) is 13.2 Å². The number of hydrogen-bond donors (Lipinski definition) is 1. The maximum absolute atomic E-state index is 12.4. The van der Waals surface area contributed by atoms with Crippen LogP contribution < -0.4 is 5.32 Å². The first-order chi connectivity index (χ1) is 7.98. The van der Waals surface area contributed by atoms with Gasteiger partial charge in [-0.25, -0.2) is 0 Å². The number of Topliss-reactive ketones (excluding diaryl/α,β-unsaturated/α-hetero) is 1. The van der Waals surface area contributed by atoms with Gasteiger partial charge in [0.15, 0.2) is 0 Å². The van der Waals surface area contributed by atoms with E-state index in [4.69, 9.17) is 0 Å². The molecule has 0 aromatic heterocycles. The summed E-state index contributed by atoms with van der Waals surface area (Å²) in [4.78, 5) is 11.6. The SMILES string of the molecule is O=C1CCNCC1c1ccc(C(F)(F)F)cc1. The zero-order chi connectivity index (χ0) is 12.5. The van der Waals surface area contributed by atoms with E-state index in [1.807, 2.05) is 0 Å². The van der Waals surface area contributed by atoms with Gasteiger partial charge < -0.3 is 5.32 Å². The lowest BCUT2D eigenvalue weighted by Crippen LogP contribution is -2.35. The average Bonchev–Trinajstić information content (AvgIpc) is 2.29. The van der Waals surface area contributed by atoms with Crippen molar-refractivity contribution >= 4 is 5.78 Å². The first-order valence-electron chi connectivity index (χ1n) is 5.39. The Morgan fingerprint density at radius 1 is 1.18 bits per heavy atom. The first-order valence-corrected chi connectivity index (χ1v) is 5.39. The zero-order valence-electron chi connectivity index (χ0n) is 9.05. The molecular formula is C12H12F3NO. The lowest BCUT2D eigenvalue weighted by Gasteiger charge is -2.22. The highest BCUT2D eigenvalue weighted by atomic mass is 19.4. The first kappa shape index (κ1) is 12.1. The van der Waals surface area contributed by atoms with Crippen molar-refractivity contribution in [3.8, 4) is 0 Å². The number of rotatable bonds is 1. The summed E-state index contributed by atoms with van der Waals surface area (Å²) in [6, 6.07) is 4.82. The van der Waals surface area contributed by atoms with Crippen molar-refractivity contribution < 1.29 is 18.0 Å². The highest BCUT2D eigenvalue weighted by molar-refractivity contribution is 5.86. The average molecular weight is 243 g/mol. The minimum atomic E-state index is -4.33. The van der Waals surface area contributed by atoms with Crippen LogP contribution in [0.2, 0.25) is 0 Å². The molecular weight excluding hydrogens is 231 g/mol. The summed E-state index contributed by atoms with van der Waals surface area (Å²) < 4.78 is 37.1. The normalized spacial score (nSPS) is 21.6. The molecule has 1 aliphatic rings. The minimum Gasteiger partial charge on any atom is -0.315 e. The van der Waals surface area contributed by atoms with Crippen LogP contribution in [0, 0.1) is 0 Å². The number of ketones is 1. The Hall–Kier alpha value is -1.36. The predicted molar refractivity (Wildman–Crippen MR) is 56.7 cm³/mol. The Morgan fingerprint density at radius 2 is 1.82 bits per heavy atom. The van der Waals surface area contributed by atoms with Gasteiger partial charge in [-0.2, -0.15) is 13.2 Å². The summed E-state index contributed by atoms with van der Waals surface area (Å²) in [6.07, 6.45) is -3.89. The summed E-state index contributed by atoms with van der Waals surface area (Å²) in [5.41, 5.74) is -0.0346. The lowest BCUT2D eigenvalue weighted by atomic mass is 9.90. The van der Waals surface area contributed by atoms with Gasteiger partial charge in [-0.3, -0.25) is 4.79 Å².